The van der Waals surface area contributed by atoms with Crippen molar-refractivity contribution in [1.82, 2.24) is 4.90 Å². The summed E-state index contributed by atoms with van der Waals surface area (Å²) in [4.78, 5) is 47.2. The molecule has 0 aromatic heterocycles. The molecule has 1 rings (SSSR count). The molecule has 27 heavy (non-hydrogen) atoms. The van der Waals surface area contributed by atoms with Gasteiger partial charge in [-0.05, 0) is 52.4 Å². The van der Waals surface area contributed by atoms with Crippen molar-refractivity contribution < 1.29 is 33.8 Å². The Bertz CT molecular complexity index is 553. The van der Waals surface area contributed by atoms with E-state index in [-0.39, 0.29) is 49.3 Å². The lowest BCUT2D eigenvalue weighted by molar-refractivity contribution is -0.156. The van der Waals surface area contributed by atoms with Crippen LogP contribution in [0.2, 0.25) is 0 Å². The molecule has 1 N–H and O–H groups in total. The van der Waals surface area contributed by atoms with Gasteiger partial charge in [0, 0.05) is 26.3 Å². The first-order chi connectivity index (χ1) is 12.5. The average Bonchev–Trinajstić information content (AvgIpc) is 2.90. The highest BCUT2D eigenvalue weighted by Gasteiger charge is 2.30. The highest BCUT2D eigenvalue weighted by molar-refractivity contribution is 5.81. The molecule has 0 saturated heterocycles. The van der Waals surface area contributed by atoms with Gasteiger partial charge >= 0.3 is 17.9 Å². The van der Waals surface area contributed by atoms with Gasteiger partial charge < -0.3 is 19.5 Å². The Balaban J connectivity index is 2.23. The Morgan fingerprint density at radius 1 is 1.07 bits per heavy atom. The monoisotopic (exact) mass is 385 g/mol. The summed E-state index contributed by atoms with van der Waals surface area (Å²) in [6, 6.07) is 0. The lowest BCUT2D eigenvalue weighted by Gasteiger charge is -2.20. The number of rotatable bonds is 9. The molecule has 2 atom stereocenters. The van der Waals surface area contributed by atoms with Crippen LogP contribution >= 0.6 is 0 Å². The molecular formula is C19H31NO7. The molecule has 0 spiro atoms. The van der Waals surface area contributed by atoms with Crippen molar-refractivity contribution in [2.45, 2.75) is 77.4 Å². The smallest absolute Gasteiger partial charge is 0.323 e. The number of carbonyl (C=O) groups is 4. The molecule has 1 fully saturated rings. The van der Waals surface area contributed by atoms with Crippen molar-refractivity contribution in [2.75, 3.05) is 13.6 Å². The second kappa shape index (κ2) is 10.3. The summed E-state index contributed by atoms with van der Waals surface area (Å²) < 4.78 is 10.7. The van der Waals surface area contributed by atoms with Crippen LogP contribution in [-0.4, -0.2) is 59.1 Å². The third-order valence-electron chi connectivity index (χ3n) is 4.24. The van der Waals surface area contributed by atoms with Gasteiger partial charge in [-0.25, -0.2) is 0 Å². The highest BCUT2D eigenvalue weighted by atomic mass is 16.6. The van der Waals surface area contributed by atoms with E-state index in [0.717, 1.165) is 17.7 Å². The fraction of sp³-hybridized carbons (Fsp3) is 0.789. The Labute approximate surface area is 160 Å². The highest BCUT2D eigenvalue weighted by Crippen LogP contribution is 2.31. The SMILES string of the molecule is CN(CC(=O)O)C(=O)CCCC(=O)OC1CCC(CC(=O)OC(C)(C)C)C1. The zero-order chi connectivity index (χ0) is 20.6. The molecular weight excluding hydrogens is 354 g/mol. The number of carboxylic acids is 1. The quantitative estimate of drug-likeness (QED) is 0.605. The van der Waals surface area contributed by atoms with Gasteiger partial charge in [0.1, 0.15) is 18.2 Å². The number of amides is 1. The zero-order valence-corrected chi connectivity index (χ0v) is 16.7. The molecule has 0 radical (unpaired) electrons. The molecule has 1 aliphatic carbocycles. The Morgan fingerprint density at radius 3 is 2.33 bits per heavy atom. The van der Waals surface area contributed by atoms with Crippen LogP contribution in [0.4, 0.5) is 0 Å². The number of carboxylic acid groups (broad SMARTS) is 1. The van der Waals surface area contributed by atoms with Gasteiger partial charge in [0.15, 0.2) is 0 Å². The summed E-state index contributed by atoms with van der Waals surface area (Å²) in [5.41, 5.74) is -0.502. The van der Waals surface area contributed by atoms with Gasteiger partial charge in [0.25, 0.3) is 0 Å². The van der Waals surface area contributed by atoms with E-state index >= 15 is 0 Å². The summed E-state index contributed by atoms with van der Waals surface area (Å²) in [6.45, 7) is 5.13. The fourth-order valence-corrected chi connectivity index (χ4v) is 3.05. The second-order valence-corrected chi connectivity index (χ2v) is 8.08. The fourth-order valence-electron chi connectivity index (χ4n) is 3.05. The number of likely N-dealkylation sites (N-methyl/N-ethyl adjacent to an activating group) is 1. The number of esters is 2. The van der Waals surface area contributed by atoms with Crippen LogP contribution in [0.5, 0.6) is 0 Å². The minimum absolute atomic E-state index is 0.102. The first-order valence-corrected chi connectivity index (χ1v) is 9.33. The number of hydrogen-bond donors (Lipinski definition) is 1. The predicted molar refractivity (Wildman–Crippen MR) is 96.8 cm³/mol. The first-order valence-electron chi connectivity index (χ1n) is 9.33. The van der Waals surface area contributed by atoms with Crippen LogP contribution in [0.1, 0.15) is 65.7 Å². The normalized spacial score (nSPS) is 19.4. The number of ether oxygens (including phenoxy) is 2. The summed E-state index contributed by atoms with van der Waals surface area (Å²) >= 11 is 0. The molecule has 0 aromatic rings. The molecule has 8 nitrogen and oxygen atoms in total. The number of nitrogens with zero attached hydrogens (tertiary/aromatic N) is 1. The van der Waals surface area contributed by atoms with Crippen LogP contribution in [0, 0.1) is 5.92 Å². The van der Waals surface area contributed by atoms with Gasteiger partial charge in [-0.1, -0.05) is 0 Å². The number of hydrogen-bond acceptors (Lipinski definition) is 6. The Kier molecular flexibility index (Phi) is 8.72. The molecule has 2 unspecified atom stereocenters. The maximum Gasteiger partial charge on any atom is 0.323 e. The second-order valence-electron chi connectivity index (χ2n) is 8.08. The maximum absolute atomic E-state index is 11.9. The van der Waals surface area contributed by atoms with E-state index < -0.39 is 11.6 Å². The van der Waals surface area contributed by atoms with Gasteiger partial charge in [-0.2, -0.15) is 0 Å². The topological polar surface area (TPSA) is 110 Å². The minimum Gasteiger partial charge on any atom is -0.480 e. The van der Waals surface area contributed by atoms with Crippen molar-refractivity contribution in [3.8, 4) is 0 Å². The van der Waals surface area contributed by atoms with E-state index in [1.54, 1.807) is 0 Å². The van der Waals surface area contributed by atoms with E-state index in [4.69, 9.17) is 14.6 Å². The van der Waals surface area contributed by atoms with Gasteiger partial charge in [0.05, 0.1) is 0 Å². The standard InChI is InChI=1S/C19H31NO7/c1-19(2,3)27-18(25)11-13-8-9-14(10-13)26-17(24)7-5-6-15(21)20(4)12-16(22)23/h13-14H,5-12H2,1-4H3,(H,22,23). The van der Waals surface area contributed by atoms with Crippen LogP contribution in [0.3, 0.4) is 0 Å². The number of aliphatic carboxylic acids is 1. The lowest BCUT2D eigenvalue weighted by atomic mass is 10.0. The Morgan fingerprint density at radius 2 is 1.74 bits per heavy atom. The molecule has 0 aromatic carbocycles. The van der Waals surface area contributed by atoms with Crippen LogP contribution in [0.15, 0.2) is 0 Å². The summed E-state index contributed by atoms with van der Waals surface area (Å²) in [6.07, 6.45) is 2.84. The lowest BCUT2D eigenvalue weighted by Crippen LogP contribution is -2.31. The van der Waals surface area contributed by atoms with Gasteiger partial charge in [-0.15, -0.1) is 0 Å². The molecule has 1 saturated carbocycles. The van der Waals surface area contributed by atoms with E-state index in [0.29, 0.717) is 19.3 Å². The van der Waals surface area contributed by atoms with Crippen molar-refractivity contribution in [2.24, 2.45) is 5.92 Å². The maximum atomic E-state index is 11.9. The van der Waals surface area contributed by atoms with E-state index in [2.05, 4.69) is 0 Å². The van der Waals surface area contributed by atoms with Crippen molar-refractivity contribution >= 4 is 23.8 Å². The van der Waals surface area contributed by atoms with E-state index in [1.807, 2.05) is 20.8 Å². The number of carbonyl (C=O) groups excluding carboxylic acids is 3. The molecule has 154 valence electrons. The molecule has 1 aliphatic rings. The Hall–Kier alpha value is -2.12. The largest absolute Gasteiger partial charge is 0.480 e. The van der Waals surface area contributed by atoms with Crippen LogP contribution < -0.4 is 0 Å². The zero-order valence-electron chi connectivity index (χ0n) is 16.7. The van der Waals surface area contributed by atoms with E-state index in [1.165, 1.54) is 7.05 Å². The summed E-state index contributed by atoms with van der Waals surface area (Å²) in [5.74, 6) is -1.84. The summed E-state index contributed by atoms with van der Waals surface area (Å²) in [5, 5.41) is 8.64. The first kappa shape index (κ1) is 22.9. The van der Waals surface area contributed by atoms with Crippen molar-refractivity contribution in [3.63, 3.8) is 0 Å². The minimum atomic E-state index is -1.08. The molecule has 8 heteroatoms. The van der Waals surface area contributed by atoms with Gasteiger partial charge in [-0.3, -0.25) is 19.2 Å². The molecule has 0 bridgehead atoms. The molecule has 0 aliphatic heterocycles. The average molecular weight is 385 g/mol. The van der Waals surface area contributed by atoms with Crippen molar-refractivity contribution in [3.05, 3.63) is 0 Å². The van der Waals surface area contributed by atoms with Crippen LogP contribution in [0.25, 0.3) is 0 Å². The third-order valence-corrected chi connectivity index (χ3v) is 4.24. The molecule has 0 heterocycles. The van der Waals surface area contributed by atoms with Crippen molar-refractivity contribution in [1.29, 1.82) is 0 Å². The molecule has 1 amide bonds. The van der Waals surface area contributed by atoms with Gasteiger partial charge in [0.2, 0.25) is 5.91 Å². The third kappa shape index (κ3) is 9.96. The van der Waals surface area contributed by atoms with Crippen LogP contribution in [-0.2, 0) is 28.7 Å². The van der Waals surface area contributed by atoms with E-state index in [9.17, 15) is 19.2 Å². The predicted octanol–water partition coefficient (Wildman–Crippen LogP) is 2.14. The summed E-state index contributed by atoms with van der Waals surface area (Å²) in [7, 11) is 1.41.